The predicted octanol–water partition coefficient (Wildman–Crippen LogP) is 2.10. The number of hydrogen-bond acceptors (Lipinski definition) is 2. The van der Waals surface area contributed by atoms with Gasteiger partial charge >= 0.3 is 0 Å². The van der Waals surface area contributed by atoms with Crippen molar-refractivity contribution in [3.63, 3.8) is 0 Å². The van der Waals surface area contributed by atoms with Crippen molar-refractivity contribution >= 4 is 9.84 Å². The van der Waals surface area contributed by atoms with Crippen LogP contribution < -0.4 is 0 Å². The lowest BCUT2D eigenvalue weighted by atomic mass is 10.0. The Kier molecular flexibility index (Phi) is 4.83. The van der Waals surface area contributed by atoms with E-state index in [0.717, 1.165) is 6.42 Å². The average Bonchev–Trinajstić information content (AvgIpc) is 1.85. The maximum Gasteiger partial charge on any atom is 0.150 e. The molecule has 0 aliphatic carbocycles. The average molecular weight is 192 g/mol. The van der Waals surface area contributed by atoms with Crippen molar-refractivity contribution in [2.75, 3.05) is 11.5 Å². The minimum Gasteiger partial charge on any atom is -0.229 e. The predicted molar refractivity (Wildman–Crippen MR) is 52.9 cm³/mol. The summed E-state index contributed by atoms with van der Waals surface area (Å²) in [5, 5.41) is 0. The normalized spacial score (nSPS) is 15.1. The van der Waals surface area contributed by atoms with Crippen molar-refractivity contribution in [2.24, 2.45) is 11.8 Å². The number of hydrogen-bond donors (Lipinski definition) is 0. The van der Waals surface area contributed by atoms with Gasteiger partial charge in [0.05, 0.1) is 5.75 Å². The van der Waals surface area contributed by atoms with Crippen molar-refractivity contribution < 1.29 is 8.42 Å². The fourth-order valence-electron chi connectivity index (χ4n) is 0.987. The Morgan fingerprint density at radius 1 is 1.17 bits per heavy atom. The number of sulfone groups is 1. The first-order valence-electron chi connectivity index (χ1n) is 4.59. The van der Waals surface area contributed by atoms with E-state index in [4.69, 9.17) is 0 Å². The lowest BCUT2D eigenvalue weighted by molar-refractivity contribution is 0.452. The van der Waals surface area contributed by atoms with Gasteiger partial charge in [0.15, 0.2) is 9.84 Å². The van der Waals surface area contributed by atoms with Crippen molar-refractivity contribution in [1.82, 2.24) is 0 Å². The zero-order chi connectivity index (χ0) is 9.78. The molecule has 74 valence electrons. The Morgan fingerprint density at radius 3 is 2.00 bits per heavy atom. The molecule has 12 heavy (non-hydrogen) atoms. The van der Waals surface area contributed by atoms with Gasteiger partial charge in [-0.3, -0.25) is 0 Å². The third kappa shape index (κ3) is 4.75. The van der Waals surface area contributed by atoms with Crippen LogP contribution in [0.4, 0.5) is 0 Å². The van der Waals surface area contributed by atoms with Crippen molar-refractivity contribution in [1.29, 1.82) is 0 Å². The molecule has 0 fully saturated rings. The van der Waals surface area contributed by atoms with E-state index in [-0.39, 0.29) is 5.92 Å². The summed E-state index contributed by atoms with van der Waals surface area (Å²) in [6.45, 7) is 8.02. The second-order valence-corrected chi connectivity index (χ2v) is 6.06. The Labute approximate surface area is 76.3 Å². The molecule has 0 aliphatic rings. The lowest BCUT2D eigenvalue weighted by Crippen LogP contribution is -2.20. The van der Waals surface area contributed by atoms with Crippen molar-refractivity contribution in [2.45, 2.75) is 34.1 Å². The second kappa shape index (κ2) is 4.85. The van der Waals surface area contributed by atoms with E-state index >= 15 is 0 Å². The van der Waals surface area contributed by atoms with E-state index in [2.05, 4.69) is 13.8 Å². The standard InChI is InChI=1S/C9H20O2S/c1-5-6-12(10,11)7-9(4)8(2)3/h8-9H,5-7H2,1-4H3. The Hall–Kier alpha value is -0.0500. The molecule has 0 saturated heterocycles. The highest BCUT2D eigenvalue weighted by molar-refractivity contribution is 7.91. The first-order chi connectivity index (χ1) is 5.39. The molecule has 0 aromatic rings. The summed E-state index contributed by atoms with van der Waals surface area (Å²) in [5.74, 6) is 1.42. The Bertz CT molecular complexity index is 205. The molecule has 0 aliphatic heterocycles. The quantitative estimate of drug-likeness (QED) is 0.668. The summed E-state index contributed by atoms with van der Waals surface area (Å²) in [5.41, 5.74) is 0. The largest absolute Gasteiger partial charge is 0.229 e. The molecule has 0 rings (SSSR count). The maximum absolute atomic E-state index is 11.3. The van der Waals surface area contributed by atoms with Gasteiger partial charge in [-0.2, -0.15) is 0 Å². The van der Waals surface area contributed by atoms with E-state index < -0.39 is 9.84 Å². The van der Waals surface area contributed by atoms with Crippen LogP contribution in [0.5, 0.6) is 0 Å². The summed E-state index contributed by atoms with van der Waals surface area (Å²) >= 11 is 0. The first-order valence-corrected chi connectivity index (χ1v) is 6.41. The Morgan fingerprint density at radius 2 is 1.67 bits per heavy atom. The molecule has 0 saturated carbocycles. The van der Waals surface area contributed by atoms with Gasteiger partial charge in [0.1, 0.15) is 0 Å². The van der Waals surface area contributed by atoms with Crippen LogP contribution in [0, 0.1) is 11.8 Å². The summed E-state index contributed by atoms with van der Waals surface area (Å²) in [7, 11) is -2.78. The van der Waals surface area contributed by atoms with Crippen molar-refractivity contribution in [3.05, 3.63) is 0 Å². The molecule has 2 nitrogen and oxygen atoms in total. The molecule has 0 N–H and O–H groups in total. The van der Waals surface area contributed by atoms with E-state index in [1.165, 1.54) is 0 Å². The molecule has 0 aromatic heterocycles. The molecule has 1 unspecified atom stereocenters. The third-order valence-corrected chi connectivity index (χ3v) is 4.23. The van der Waals surface area contributed by atoms with Gasteiger partial charge in [0.25, 0.3) is 0 Å². The highest BCUT2D eigenvalue weighted by Crippen LogP contribution is 2.12. The highest BCUT2D eigenvalue weighted by atomic mass is 32.2. The molecule has 0 bridgehead atoms. The first kappa shape index (κ1) is 11.9. The van der Waals surface area contributed by atoms with Crippen LogP contribution in [0.25, 0.3) is 0 Å². The zero-order valence-corrected chi connectivity index (χ0v) is 9.32. The molecular formula is C9H20O2S. The fraction of sp³-hybridized carbons (Fsp3) is 1.00. The molecule has 0 aromatic carbocycles. The minimum absolute atomic E-state index is 0.279. The van der Waals surface area contributed by atoms with Gasteiger partial charge in [-0.25, -0.2) is 8.42 Å². The number of rotatable bonds is 5. The van der Waals surface area contributed by atoms with Crippen molar-refractivity contribution in [3.8, 4) is 0 Å². The topological polar surface area (TPSA) is 34.1 Å². The van der Waals surface area contributed by atoms with E-state index in [0.29, 0.717) is 17.4 Å². The van der Waals surface area contributed by atoms with Crippen LogP contribution in [0.2, 0.25) is 0 Å². The zero-order valence-electron chi connectivity index (χ0n) is 8.50. The third-order valence-electron chi connectivity index (χ3n) is 2.17. The highest BCUT2D eigenvalue weighted by Gasteiger charge is 2.16. The molecular weight excluding hydrogens is 172 g/mol. The summed E-state index contributed by atoms with van der Waals surface area (Å²) < 4.78 is 22.7. The fourth-order valence-corrected chi connectivity index (χ4v) is 2.96. The SMILES string of the molecule is CCCS(=O)(=O)CC(C)C(C)C. The lowest BCUT2D eigenvalue weighted by Gasteiger charge is -2.14. The van der Waals surface area contributed by atoms with Gasteiger partial charge in [-0.1, -0.05) is 27.7 Å². The van der Waals surface area contributed by atoms with E-state index in [9.17, 15) is 8.42 Å². The van der Waals surface area contributed by atoms with Gasteiger partial charge in [-0.05, 0) is 18.3 Å². The van der Waals surface area contributed by atoms with Crippen LogP contribution in [-0.4, -0.2) is 19.9 Å². The molecule has 0 heterocycles. The molecule has 3 heteroatoms. The van der Waals surface area contributed by atoms with Gasteiger partial charge in [-0.15, -0.1) is 0 Å². The van der Waals surface area contributed by atoms with Gasteiger partial charge < -0.3 is 0 Å². The van der Waals surface area contributed by atoms with Crippen LogP contribution in [0.3, 0.4) is 0 Å². The van der Waals surface area contributed by atoms with Gasteiger partial charge in [0.2, 0.25) is 0 Å². The maximum atomic E-state index is 11.3. The van der Waals surface area contributed by atoms with E-state index in [1.54, 1.807) is 0 Å². The molecule has 1 atom stereocenters. The summed E-state index contributed by atoms with van der Waals surface area (Å²) in [6.07, 6.45) is 0.729. The Balaban J connectivity index is 4.07. The molecule has 0 amide bonds. The van der Waals surface area contributed by atoms with Crippen LogP contribution >= 0.6 is 0 Å². The van der Waals surface area contributed by atoms with E-state index in [1.807, 2.05) is 13.8 Å². The summed E-state index contributed by atoms with van der Waals surface area (Å²) in [6, 6.07) is 0. The smallest absolute Gasteiger partial charge is 0.150 e. The molecule has 0 radical (unpaired) electrons. The molecule has 0 spiro atoms. The van der Waals surface area contributed by atoms with Gasteiger partial charge in [0, 0.05) is 5.75 Å². The minimum atomic E-state index is -2.78. The van der Waals surface area contributed by atoms with Crippen LogP contribution in [0.15, 0.2) is 0 Å². The van der Waals surface area contributed by atoms with Crippen LogP contribution in [-0.2, 0) is 9.84 Å². The second-order valence-electron chi connectivity index (χ2n) is 3.84. The van der Waals surface area contributed by atoms with Crippen LogP contribution in [0.1, 0.15) is 34.1 Å². The summed E-state index contributed by atoms with van der Waals surface area (Å²) in [4.78, 5) is 0. The monoisotopic (exact) mass is 192 g/mol.